The van der Waals surface area contributed by atoms with E-state index in [0.717, 1.165) is 89.8 Å². The molecular weight excluding hydrogens is 767 g/mol. The SMILES string of the molecule is C.CC.CC.CC.CC.CCC.[InH3].c1ccc2c(c1)C1=Nc3c4ccccc4c4n3C35n6c(c7ccccc7c6=NC6=[N+]3C(=N4)c3ccccc36)=NC2=[N+]15. The molecule has 0 fully saturated rings. The van der Waals surface area contributed by atoms with Gasteiger partial charge >= 0.3 is 31.8 Å². The van der Waals surface area contributed by atoms with Crippen molar-refractivity contribution in [1.29, 1.82) is 0 Å². The van der Waals surface area contributed by atoms with Crippen molar-refractivity contribution in [3.8, 4) is 0 Å². The Morgan fingerprint density at radius 3 is 1.15 bits per heavy atom. The number of fused-ring (bicyclic) bond motifs is 12. The summed E-state index contributed by atoms with van der Waals surface area (Å²) in [7, 11) is 0. The molecule has 2 aromatic heterocycles. The first-order valence-electron chi connectivity index (χ1n) is 19.2. The standard InChI is InChI=1S/C33H16N8.C3H8.4C2H6.CH4.In.3H/c1-2-10-18-17(9-1)25-34-27-19-11-3-4-12-20(19)29-36-31-23-15-7-8-16-24(23)32-37-30-22-14-6-5-13-21(22)28-35-26(18)38(25)33(39(27)29,40(28)30)41(31)32;1-3-2;4*1-2;;;;;/h1-16H;3H2,1-2H3;4*1-2H3;1H4;;;;/q+2;;;;;;;;;;. The molecule has 0 unspecified atom stereocenters. The van der Waals surface area contributed by atoms with Gasteiger partial charge in [0.1, 0.15) is 0 Å². The summed E-state index contributed by atoms with van der Waals surface area (Å²) in [6.45, 7) is 20.2. The monoisotopic (exact) mass is 822 g/mol. The second-order valence-electron chi connectivity index (χ2n) is 11.9. The van der Waals surface area contributed by atoms with Gasteiger partial charge in [0.05, 0.1) is 22.3 Å². The van der Waals surface area contributed by atoms with Gasteiger partial charge in [0.2, 0.25) is 22.6 Å². The van der Waals surface area contributed by atoms with Crippen LogP contribution in [0.2, 0.25) is 0 Å². The van der Waals surface area contributed by atoms with Gasteiger partial charge in [-0.25, -0.2) is 0 Å². The minimum Gasteiger partial charge on any atom is -0.192 e. The molecular formula is C45H55InN8+2. The fraction of sp³-hybridized carbons (Fsp3) is 0.289. The molecule has 6 aromatic rings. The number of nitrogens with zero attached hydrogens (tertiary/aromatic N) is 8. The van der Waals surface area contributed by atoms with Crippen molar-refractivity contribution < 1.29 is 9.15 Å². The van der Waals surface area contributed by atoms with Gasteiger partial charge in [-0.3, -0.25) is 0 Å². The van der Waals surface area contributed by atoms with Gasteiger partial charge in [0, 0.05) is 21.5 Å². The van der Waals surface area contributed by atoms with E-state index in [1.165, 1.54) is 6.42 Å². The third kappa shape index (κ3) is 4.89. The van der Waals surface area contributed by atoms with E-state index in [0.29, 0.717) is 0 Å². The van der Waals surface area contributed by atoms with Gasteiger partial charge in [-0.05, 0) is 48.5 Å². The van der Waals surface area contributed by atoms with E-state index >= 15 is 0 Å². The van der Waals surface area contributed by atoms with E-state index in [1.807, 2.05) is 55.4 Å². The summed E-state index contributed by atoms with van der Waals surface area (Å²) in [5, 5.41) is 4.33. The molecule has 0 atom stereocenters. The van der Waals surface area contributed by atoms with Gasteiger partial charge in [-0.1, -0.05) is 152 Å². The van der Waals surface area contributed by atoms with Crippen molar-refractivity contribution in [1.82, 2.24) is 9.13 Å². The van der Waals surface area contributed by atoms with Gasteiger partial charge in [-0.2, -0.15) is 9.13 Å². The molecule has 0 bridgehead atoms. The largest absolute Gasteiger partial charge is 0.404 e. The first-order chi connectivity index (χ1) is 25.8. The molecule has 0 saturated heterocycles. The molecule has 276 valence electrons. The van der Waals surface area contributed by atoms with Crippen LogP contribution in [-0.2, 0) is 5.91 Å². The smallest absolute Gasteiger partial charge is 0.192 e. The summed E-state index contributed by atoms with van der Waals surface area (Å²) in [6, 6.07) is 34.0. The summed E-state index contributed by atoms with van der Waals surface area (Å²) < 4.78 is 9.32. The average molecular weight is 823 g/mol. The fourth-order valence-corrected chi connectivity index (χ4v) is 7.88. The molecule has 8 heterocycles. The van der Waals surface area contributed by atoms with Crippen LogP contribution in [0.3, 0.4) is 0 Å². The van der Waals surface area contributed by atoms with Crippen LogP contribution < -0.4 is 11.0 Å². The molecule has 0 amide bonds. The molecule has 0 N–H and O–H groups in total. The molecule has 4 aromatic carbocycles. The third-order valence-corrected chi connectivity index (χ3v) is 9.38. The maximum Gasteiger partial charge on any atom is 0.404 e. The molecule has 6 aliphatic heterocycles. The van der Waals surface area contributed by atoms with Crippen LogP contribution in [0.1, 0.15) is 105 Å². The van der Waals surface area contributed by atoms with Crippen molar-refractivity contribution >= 4 is 82.4 Å². The zero-order valence-corrected chi connectivity index (χ0v) is 32.0. The normalized spacial score (nSPS) is 14.8. The molecule has 6 aliphatic rings. The van der Waals surface area contributed by atoms with Crippen molar-refractivity contribution in [3.63, 3.8) is 0 Å². The van der Waals surface area contributed by atoms with Crippen LogP contribution in [0.15, 0.2) is 117 Å². The minimum absolute atomic E-state index is 0. The second-order valence-corrected chi connectivity index (χ2v) is 11.9. The molecule has 8 nitrogen and oxygen atoms in total. The molecule has 0 saturated carbocycles. The predicted octanol–water partition coefficient (Wildman–Crippen LogP) is 8.68. The number of benzene rings is 4. The summed E-state index contributed by atoms with van der Waals surface area (Å²) in [6.07, 6.45) is 1.25. The first kappa shape index (κ1) is 40.3. The van der Waals surface area contributed by atoms with Crippen LogP contribution >= 0.6 is 0 Å². The third-order valence-electron chi connectivity index (χ3n) is 9.38. The van der Waals surface area contributed by atoms with Gasteiger partial charge in [-0.15, -0.1) is 9.15 Å². The molecule has 1 spiro atoms. The maximum absolute atomic E-state index is 5.42. The summed E-state index contributed by atoms with van der Waals surface area (Å²) in [5.74, 6) is 4.46. The number of hydrogen-bond acceptors (Lipinski definition) is 4. The molecule has 0 radical (unpaired) electrons. The molecule has 12 rings (SSSR count). The maximum atomic E-state index is 5.42. The summed E-state index contributed by atoms with van der Waals surface area (Å²) in [4.78, 5) is 21.7. The van der Waals surface area contributed by atoms with E-state index in [4.69, 9.17) is 20.0 Å². The topological polar surface area (TPSA) is 65.3 Å². The summed E-state index contributed by atoms with van der Waals surface area (Å²) >= 11 is 0. The van der Waals surface area contributed by atoms with Crippen LogP contribution in [0, 0.1) is 0 Å². The number of aromatic nitrogens is 2. The van der Waals surface area contributed by atoms with Gasteiger partial charge in [0.15, 0.2) is 0 Å². The van der Waals surface area contributed by atoms with E-state index in [2.05, 4.69) is 129 Å². The number of rotatable bonds is 0. The fourth-order valence-electron chi connectivity index (χ4n) is 7.88. The minimum atomic E-state index is -0.923. The molecule has 9 heteroatoms. The molecule has 54 heavy (non-hydrogen) atoms. The second kappa shape index (κ2) is 15.8. The Hall–Kier alpha value is -4.89. The Labute approximate surface area is 338 Å². The van der Waals surface area contributed by atoms with Crippen LogP contribution in [0.5, 0.6) is 0 Å². The number of hydrogen-bond donors (Lipinski definition) is 0. The Bertz CT molecular complexity index is 2490. The van der Waals surface area contributed by atoms with E-state index < -0.39 is 5.91 Å². The van der Waals surface area contributed by atoms with Gasteiger partial charge < -0.3 is 0 Å². The zero-order chi connectivity index (χ0) is 36.9. The van der Waals surface area contributed by atoms with E-state index in [-0.39, 0.29) is 33.3 Å². The number of aliphatic imine (C=N–C) groups is 2. The summed E-state index contributed by atoms with van der Waals surface area (Å²) in [5.41, 5.74) is 6.13. The Morgan fingerprint density at radius 2 is 0.778 bits per heavy atom. The van der Waals surface area contributed by atoms with Crippen LogP contribution in [0.25, 0.3) is 21.5 Å². The van der Waals surface area contributed by atoms with Crippen LogP contribution in [0.4, 0.5) is 11.6 Å². The van der Waals surface area contributed by atoms with Crippen molar-refractivity contribution in [3.05, 3.63) is 130 Å². The van der Waals surface area contributed by atoms with Crippen molar-refractivity contribution in [2.24, 2.45) is 20.0 Å². The number of amidine groups is 4. The average Bonchev–Trinajstić information content (AvgIpc) is 3.94. The first-order valence-corrected chi connectivity index (χ1v) is 19.2. The Kier molecular flexibility index (Phi) is 11.8. The van der Waals surface area contributed by atoms with Crippen molar-refractivity contribution in [2.45, 2.75) is 89.0 Å². The quantitative estimate of drug-likeness (QED) is 0.138. The van der Waals surface area contributed by atoms with Crippen LogP contribution in [-0.4, -0.2) is 67.5 Å². The zero-order valence-electron chi connectivity index (χ0n) is 32.0. The predicted molar refractivity (Wildman–Crippen MR) is 232 cm³/mol. The Balaban J connectivity index is 0.000000398. The Morgan fingerprint density at radius 1 is 0.463 bits per heavy atom. The van der Waals surface area contributed by atoms with Crippen molar-refractivity contribution in [2.75, 3.05) is 0 Å². The van der Waals surface area contributed by atoms with E-state index in [9.17, 15) is 0 Å². The van der Waals surface area contributed by atoms with E-state index in [1.54, 1.807) is 0 Å². The molecule has 0 aliphatic carbocycles. The van der Waals surface area contributed by atoms with Gasteiger partial charge in [0.25, 0.3) is 23.3 Å².